The Morgan fingerprint density at radius 3 is 2.73 bits per heavy atom. The highest BCUT2D eigenvalue weighted by molar-refractivity contribution is 8.14. The highest BCUT2D eigenvalue weighted by Gasteiger charge is 2.06. The molecule has 80 valence electrons. The maximum Gasteiger partial charge on any atom is 0.118 e. The minimum absolute atomic E-state index is 0.914. The number of aliphatic imine (C=N–C) groups is 1. The van der Waals surface area contributed by atoms with Crippen molar-refractivity contribution in [2.24, 2.45) is 4.99 Å². The van der Waals surface area contributed by atoms with E-state index in [-0.39, 0.29) is 0 Å². The molecule has 1 aliphatic rings. The molecule has 0 fully saturated rings. The van der Waals surface area contributed by atoms with Gasteiger partial charge in [-0.3, -0.25) is 4.99 Å². The zero-order chi connectivity index (χ0) is 10.5. The van der Waals surface area contributed by atoms with Crippen molar-refractivity contribution < 1.29 is 4.74 Å². The van der Waals surface area contributed by atoms with Crippen LogP contribution in [0.4, 0.5) is 0 Å². The van der Waals surface area contributed by atoms with E-state index in [0.29, 0.717) is 0 Å². The monoisotopic (exact) mass is 221 g/mol. The summed E-state index contributed by atoms with van der Waals surface area (Å²) in [6.07, 6.45) is 2.19. The van der Waals surface area contributed by atoms with Crippen molar-refractivity contribution in [3.05, 3.63) is 29.8 Å². The zero-order valence-corrected chi connectivity index (χ0v) is 9.72. The number of rotatable bonds is 3. The number of methoxy groups -OCH3 is 1. The lowest BCUT2D eigenvalue weighted by Gasteiger charge is -2.11. The molecular formula is C12H15NOS. The molecule has 0 saturated heterocycles. The van der Waals surface area contributed by atoms with Gasteiger partial charge in [-0.1, -0.05) is 12.1 Å². The van der Waals surface area contributed by atoms with Crippen LogP contribution in [0.3, 0.4) is 0 Å². The minimum atomic E-state index is 0.914. The van der Waals surface area contributed by atoms with Crippen LogP contribution in [0.15, 0.2) is 29.3 Å². The van der Waals surface area contributed by atoms with E-state index >= 15 is 0 Å². The van der Waals surface area contributed by atoms with Crippen molar-refractivity contribution in [3.63, 3.8) is 0 Å². The van der Waals surface area contributed by atoms with Crippen LogP contribution in [0.25, 0.3) is 0 Å². The molecule has 2 rings (SSSR count). The van der Waals surface area contributed by atoms with Crippen LogP contribution in [0.2, 0.25) is 0 Å². The minimum Gasteiger partial charge on any atom is -0.497 e. The van der Waals surface area contributed by atoms with Gasteiger partial charge in [0.05, 0.1) is 12.2 Å². The first kappa shape index (κ1) is 10.6. The lowest BCUT2D eigenvalue weighted by atomic mass is 10.1. The van der Waals surface area contributed by atoms with Crippen molar-refractivity contribution in [1.29, 1.82) is 0 Å². The fourth-order valence-electron chi connectivity index (χ4n) is 1.53. The van der Waals surface area contributed by atoms with E-state index in [1.807, 2.05) is 23.9 Å². The van der Waals surface area contributed by atoms with Crippen LogP contribution in [0.5, 0.6) is 5.75 Å². The summed E-state index contributed by atoms with van der Waals surface area (Å²) in [4.78, 5) is 4.52. The molecule has 0 bridgehead atoms. The molecule has 15 heavy (non-hydrogen) atoms. The van der Waals surface area contributed by atoms with E-state index in [1.165, 1.54) is 22.8 Å². The molecule has 1 aliphatic heterocycles. The van der Waals surface area contributed by atoms with E-state index in [2.05, 4.69) is 17.1 Å². The summed E-state index contributed by atoms with van der Waals surface area (Å²) in [5.74, 6) is 2.13. The average Bonchev–Trinajstić information content (AvgIpc) is 2.31. The van der Waals surface area contributed by atoms with E-state index < -0.39 is 0 Å². The summed E-state index contributed by atoms with van der Waals surface area (Å²) in [5, 5.41) is 1.27. The van der Waals surface area contributed by atoms with E-state index in [4.69, 9.17) is 4.74 Å². The second-order valence-electron chi connectivity index (χ2n) is 3.50. The third kappa shape index (κ3) is 2.99. The van der Waals surface area contributed by atoms with Gasteiger partial charge in [-0.15, -0.1) is 11.8 Å². The molecule has 0 unspecified atom stereocenters. The van der Waals surface area contributed by atoms with Crippen LogP contribution >= 0.6 is 11.8 Å². The maximum absolute atomic E-state index is 5.12. The van der Waals surface area contributed by atoms with Crippen LogP contribution in [0.1, 0.15) is 12.0 Å². The summed E-state index contributed by atoms with van der Waals surface area (Å²) in [6.45, 7) is 0.999. The number of ether oxygens (including phenoxy) is 1. The lowest BCUT2D eigenvalue weighted by Crippen LogP contribution is -2.06. The number of hydrogen-bond acceptors (Lipinski definition) is 3. The highest BCUT2D eigenvalue weighted by atomic mass is 32.2. The van der Waals surface area contributed by atoms with Gasteiger partial charge in [0.25, 0.3) is 0 Å². The summed E-state index contributed by atoms with van der Waals surface area (Å²) in [5.41, 5.74) is 1.31. The van der Waals surface area contributed by atoms with Gasteiger partial charge < -0.3 is 4.74 Å². The predicted molar refractivity (Wildman–Crippen MR) is 66.1 cm³/mol. The molecule has 1 heterocycles. The lowest BCUT2D eigenvalue weighted by molar-refractivity contribution is 0.414. The summed E-state index contributed by atoms with van der Waals surface area (Å²) in [7, 11) is 1.69. The average molecular weight is 221 g/mol. The third-order valence-electron chi connectivity index (χ3n) is 2.37. The van der Waals surface area contributed by atoms with E-state index in [1.54, 1.807) is 7.11 Å². The fraction of sp³-hybridized carbons (Fsp3) is 0.417. The van der Waals surface area contributed by atoms with Gasteiger partial charge in [-0.2, -0.15) is 0 Å². The molecule has 3 heteroatoms. The Balaban J connectivity index is 2.00. The van der Waals surface area contributed by atoms with Crippen LogP contribution in [0, 0.1) is 0 Å². The molecule has 1 aromatic carbocycles. The molecule has 0 aliphatic carbocycles. The Hall–Kier alpha value is -0.960. The highest BCUT2D eigenvalue weighted by Crippen LogP contribution is 2.18. The molecule has 0 amide bonds. The van der Waals surface area contributed by atoms with Gasteiger partial charge in [0.2, 0.25) is 0 Å². The standard InChI is InChI=1S/C12H15NOS/c1-14-11-5-3-10(4-6-11)9-12-13-7-2-8-15-12/h3-6H,2,7-9H2,1H3. The van der Waals surface area contributed by atoms with Gasteiger partial charge in [0, 0.05) is 18.7 Å². The first-order valence-electron chi connectivity index (χ1n) is 5.17. The SMILES string of the molecule is COc1ccc(CC2=NCCCS2)cc1. The van der Waals surface area contributed by atoms with Crippen LogP contribution < -0.4 is 4.74 Å². The van der Waals surface area contributed by atoms with Gasteiger partial charge in [-0.25, -0.2) is 0 Å². The Kier molecular flexibility index (Phi) is 3.67. The number of thioether (sulfide) groups is 1. The summed E-state index contributed by atoms with van der Waals surface area (Å²) in [6, 6.07) is 8.22. The number of nitrogens with zero attached hydrogens (tertiary/aromatic N) is 1. The third-order valence-corrected chi connectivity index (χ3v) is 3.47. The Morgan fingerprint density at radius 2 is 2.13 bits per heavy atom. The van der Waals surface area contributed by atoms with Crippen LogP contribution in [-0.2, 0) is 6.42 Å². The Morgan fingerprint density at radius 1 is 1.33 bits per heavy atom. The number of benzene rings is 1. The molecule has 0 atom stereocenters. The van der Waals surface area contributed by atoms with E-state index in [9.17, 15) is 0 Å². The Labute approximate surface area is 94.7 Å². The molecular weight excluding hydrogens is 206 g/mol. The number of hydrogen-bond donors (Lipinski definition) is 0. The van der Waals surface area contributed by atoms with Crippen LogP contribution in [-0.4, -0.2) is 24.5 Å². The van der Waals surface area contributed by atoms with Crippen molar-refractivity contribution in [3.8, 4) is 5.75 Å². The molecule has 0 saturated carbocycles. The van der Waals surface area contributed by atoms with Crippen molar-refractivity contribution in [1.82, 2.24) is 0 Å². The maximum atomic E-state index is 5.12. The quantitative estimate of drug-likeness (QED) is 0.782. The molecule has 0 aromatic heterocycles. The molecule has 0 N–H and O–H groups in total. The van der Waals surface area contributed by atoms with Gasteiger partial charge in [0.1, 0.15) is 5.75 Å². The zero-order valence-electron chi connectivity index (χ0n) is 8.90. The normalized spacial score (nSPS) is 15.9. The van der Waals surface area contributed by atoms with Crippen molar-refractivity contribution >= 4 is 16.8 Å². The topological polar surface area (TPSA) is 21.6 Å². The van der Waals surface area contributed by atoms with Crippen molar-refractivity contribution in [2.75, 3.05) is 19.4 Å². The largest absolute Gasteiger partial charge is 0.497 e. The van der Waals surface area contributed by atoms with Crippen molar-refractivity contribution in [2.45, 2.75) is 12.8 Å². The second-order valence-corrected chi connectivity index (χ2v) is 4.67. The van der Waals surface area contributed by atoms with Gasteiger partial charge >= 0.3 is 0 Å². The Bertz CT molecular complexity index is 345. The van der Waals surface area contributed by atoms with Gasteiger partial charge in [-0.05, 0) is 24.1 Å². The summed E-state index contributed by atoms with van der Waals surface area (Å²) >= 11 is 1.89. The van der Waals surface area contributed by atoms with Gasteiger partial charge in [0.15, 0.2) is 0 Å². The van der Waals surface area contributed by atoms with E-state index in [0.717, 1.165) is 18.7 Å². The molecule has 2 nitrogen and oxygen atoms in total. The smallest absolute Gasteiger partial charge is 0.118 e. The molecule has 1 aromatic rings. The predicted octanol–water partition coefficient (Wildman–Crippen LogP) is 2.77. The summed E-state index contributed by atoms with van der Waals surface area (Å²) < 4.78 is 5.12. The molecule has 0 radical (unpaired) electrons. The molecule has 0 spiro atoms. The second kappa shape index (κ2) is 5.21. The fourth-order valence-corrected chi connectivity index (χ4v) is 2.49. The first-order chi connectivity index (χ1) is 7.38. The first-order valence-corrected chi connectivity index (χ1v) is 6.16.